The maximum absolute atomic E-state index is 13.0. The molecule has 1 aromatic heterocycles. The zero-order valence-electron chi connectivity index (χ0n) is 14.4. The van der Waals surface area contributed by atoms with Crippen LogP contribution in [0.3, 0.4) is 0 Å². The zero-order valence-corrected chi connectivity index (χ0v) is 15.3. The molecule has 8 heteroatoms. The molecular weight excluding hydrogens is 340 g/mol. The Balaban J connectivity index is 1.64. The highest BCUT2D eigenvalue weighted by Crippen LogP contribution is 2.26. The summed E-state index contributed by atoms with van der Waals surface area (Å²) in [6, 6.07) is -0.436. The molecule has 1 aromatic rings. The van der Waals surface area contributed by atoms with Gasteiger partial charge in [0.1, 0.15) is 6.04 Å². The lowest BCUT2D eigenvalue weighted by Crippen LogP contribution is -2.50. The molecule has 3 heterocycles. The number of carbonyl (C=O) groups is 3. The van der Waals surface area contributed by atoms with Crippen LogP contribution in [0.4, 0.5) is 5.13 Å². The van der Waals surface area contributed by atoms with Crippen molar-refractivity contribution in [1.82, 2.24) is 14.8 Å². The molecule has 2 fully saturated rings. The minimum Gasteiger partial charge on any atom is -0.342 e. The Morgan fingerprint density at radius 3 is 2.80 bits per heavy atom. The number of likely N-dealkylation sites (tertiary alicyclic amines) is 2. The van der Waals surface area contributed by atoms with Gasteiger partial charge in [-0.05, 0) is 25.7 Å². The molecule has 0 spiro atoms. The van der Waals surface area contributed by atoms with Crippen molar-refractivity contribution in [2.75, 3.05) is 25.0 Å². The van der Waals surface area contributed by atoms with E-state index in [2.05, 4.69) is 10.3 Å². The van der Waals surface area contributed by atoms with Gasteiger partial charge < -0.3 is 15.1 Å². The van der Waals surface area contributed by atoms with Crippen molar-refractivity contribution < 1.29 is 14.4 Å². The molecule has 3 amide bonds. The van der Waals surface area contributed by atoms with Gasteiger partial charge in [-0.15, -0.1) is 11.3 Å². The number of hydrogen-bond acceptors (Lipinski definition) is 5. The lowest BCUT2D eigenvalue weighted by atomic mass is 9.96. The first-order valence-electron chi connectivity index (χ1n) is 8.88. The van der Waals surface area contributed by atoms with Gasteiger partial charge in [-0.25, -0.2) is 4.98 Å². The van der Waals surface area contributed by atoms with Crippen molar-refractivity contribution in [1.29, 1.82) is 0 Å². The van der Waals surface area contributed by atoms with Crippen molar-refractivity contribution in [2.24, 2.45) is 5.92 Å². The van der Waals surface area contributed by atoms with E-state index in [0.29, 0.717) is 31.1 Å². The van der Waals surface area contributed by atoms with Crippen molar-refractivity contribution in [3.05, 3.63) is 11.6 Å². The van der Waals surface area contributed by atoms with E-state index < -0.39 is 6.04 Å². The standard InChI is InChI=1S/C17H24N4O3S/c1-2-14(22)20-8-3-5-12(11-20)16(24)21-9-4-6-13(21)15(23)19-17-18-7-10-25-17/h7,10,12-13H,2-6,8-9,11H2,1H3,(H,18,19,23). The number of nitrogens with one attached hydrogen (secondary N) is 1. The highest BCUT2D eigenvalue weighted by molar-refractivity contribution is 7.13. The van der Waals surface area contributed by atoms with Crippen LogP contribution in [-0.4, -0.2) is 58.2 Å². The van der Waals surface area contributed by atoms with Crippen LogP contribution in [0.1, 0.15) is 39.0 Å². The van der Waals surface area contributed by atoms with Crippen LogP contribution in [-0.2, 0) is 14.4 Å². The number of piperidine rings is 1. The molecule has 7 nitrogen and oxygen atoms in total. The topological polar surface area (TPSA) is 82.6 Å². The number of hydrogen-bond donors (Lipinski definition) is 1. The van der Waals surface area contributed by atoms with E-state index in [1.54, 1.807) is 21.4 Å². The summed E-state index contributed by atoms with van der Waals surface area (Å²) in [5.41, 5.74) is 0. The van der Waals surface area contributed by atoms with Crippen molar-refractivity contribution in [3.8, 4) is 0 Å². The van der Waals surface area contributed by atoms with E-state index in [-0.39, 0.29) is 23.6 Å². The SMILES string of the molecule is CCC(=O)N1CCCC(C(=O)N2CCCC2C(=O)Nc2nccs2)C1. The van der Waals surface area contributed by atoms with Gasteiger partial charge in [-0.2, -0.15) is 0 Å². The van der Waals surface area contributed by atoms with Crippen LogP contribution < -0.4 is 5.32 Å². The second-order valence-electron chi connectivity index (χ2n) is 6.55. The molecule has 2 aliphatic rings. The third-order valence-electron chi connectivity index (χ3n) is 4.93. The normalized spacial score (nSPS) is 23.6. The average Bonchev–Trinajstić information content (AvgIpc) is 3.32. The quantitative estimate of drug-likeness (QED) is 0.882. The summed E-state index contributed by atoms with van der Waals surface area (Å²) in [6.07, 6.45) is 5.22. The average molecular weight is 364 g/mol. The first-order chi connectivity index (χ1) is 12.1. The molecule has 25 heavy (non-hydrogen) atoms. The lowest BCUT2D eigenvalue weighted by Gasteiger charge is -2.35. The summed E-state index contributed by atoms with van der Waals surface area (Å²) in [5.74, 6) is -0.266. The molecule has 2 aliphatic heterocycles. The highest BCUT2D eigenvalue weighted by atomic mass is 32.1. The fourth-order valence-corrected chi connectivity index (χ4v) is 4.17. The van der Waals surface area contributed by atoms with E-state index >= 15 is 0 Å². The molecule has 0 aromatic carbocycles. The fourth-order valence-electron chi connectivity index (χ4n) is 3.64. The van der Waals surface area contributed by atoms with Crippen LogP contribution in [0.25, 0.3) is 0 Å². The van der Waals surface area contributed by atoms with Gasteiger partial charge in [0.2, 0.25) is 17.7 Å². The van der Waals surface area contributed by atoms with Gasteiger partial charge in [-0.3, -0.25) is 14.4 Å². The molecular formula is C17H24N4O3S. The minimum absolute atomic E-state index is 0.00499. The molecule has 2 saturated heterocycles. The number of nitrogens with zero attached hydrogens (tertiary/aromatic N) is 3. The number of aromatic nitrogens is 1. The Labute approximate surface area is 151 Å². The van der Waals surface area contributed by atoms with Gasteiger partial charge in [0.15, 0.2) is 5.13 Å². The van der Waals surface area contributed by atoms with E-state index in [1.165, 1.54) is 11.3 Å². The maximum atomic E-state index is 13.0. The van der Waals surface area contributed by atoms with Crippen molar-refractivity contribution >= 4 is 34.2 Å². The van der Waals surface area contributed by atoms with Gasteiger partial charge >= 0.3 is 0 Å². The van der Waals surface area contributed by atoms with Crippen molar-refractivity contribution in [3.63, 3.8) is 0 Å². The van der Waals surface area contributed by atoms with E-state index in [9.17, 15) is 14.4 Å². The molecule has 2 atom stereocenters. The summed E-state index contributed by atoms with van der Waals surface area (Å²) in [7, 11) is 0. The lowest BCUT2D eigenvalue weighted by molar-refractivity contribution is -0.144. The Kier molecular flexibility index (Phi) is 5.67. The molecule has 0 saturated carbocycles. The van der Waals surface area contributed by atoms with Crippen molar-refractivity contribution in [2.45, 2.75) is 45.1 Å². The van der Waals surface area contributed by atoms with E-state index in [4.69, 9.17) is 0 Å². The molecule has 3 rings (SSSR count). The smallest absolute Gasteiger partial charge is 0.248 e. The minimum atomic E-state index is -0.436. The summed E-state index contributed by atoms with van der Waals surface area (Å²) in [5, 5.41) is 5.16. The summed E-state index contributed by atoms with van der Waals surface area (Å²) in [4.78, 5) is 45.0. The number of rotatable bonds is 4. The Morgan fingerprint density at radius 2 is 2.08 bits per heavy atom. The van der Waals surface area contributed by atoms with Gasteiger partial charge in [-0.1, -0.05) is 6.92 Å². The Hall–Kier alpha value is -1.96. The van der Waals surface area contributed by atoms with E-state index in [1.807, 2.05) is 6.92 Å². The third kappa shape index (κ3) is 4.00. The molecule has 0 bridgehead atoms. The van der Waals surface area contributed by atoms with Crippen LogP contribution in [0.2, 0.25) is 0 Å². The molecule has 1 N–H and O–H groups in total. The number of anilines is 1. The molecule has 2 unspecified atom stereocenters. The van der Waals surface area contributed by atoms with Crippen LogP contribution >= 0.6 is 11.3 Å². The monoisotopic (exact) mass is 364 g/mol. The second-order valence-corrected chi connectivity index (χ2v) is 7.44. The number of thiazole rings is 1. The summed E-state index contributed by atoms with van der Waals surface area (Å²) < 4.78 is 0. The first kappa shape index (κ1) is 17.8. The van der Waals surface area contributed by atoms with Gasteiger partial charge in [0, 0.05) is 37.6 Å². The van der Waals surface area contributed by atoms with E-state index in [0.717, 1.165) is 25.8 Å². The zero-order chi connectivity index (χ0) is 17.8. The first-order valence-corrected chi connectivity index (χ1v) is 9.76. The molecule has 136 valence electrons. The van der Waals surface area contributed by atoms with Gasteiger partial charge in [0.05, 0.1) is 5.92 Å². The molecule has 0 radical (unpaired) electrons. The number of carbonyl (C=O) groups excluding carboxylic acids is 3. The van der Waals surface area contributed by atoms with Crippen LogP contribution in [0.15, 0.2) is 11.6 Å². The largest absolute Gasteiger partial charge is 0.342 e. The van der Waals surface area contributed by atoms with Crippen LogP contribution in [0, 0.1) is 5.92 Å². The fraction of sp³-hybridized carbons (Fsp3) is 0.647. The summed E-state index contributed by atoms with van der Waals surface area (Å²) >= 11 is 1.36. The third-order valence-corrected chi connectivity index (χ3v) is 5.62. The Morgan fingerprint density at radius 1 is 1.28 bits per heavy atom. The predicted octanol–water partition coefficient (Wildman–Crippen LogP) is 1.72. The summed E-state index contributed by atoms with van der Waals surface area (Å²) in [6.45, 7) is 3.65. The second kappa shape index (κ2) is 7.95. The molecule has 0 aliphatic carbocycles. The van der Waals surface area contributed by atoms with Gasteiger partial charge in [0.25, 0.3) is 0 Å². The highest BCUT2D eigenvalue weighted by Gasteiger charge is 2.39. The van der Waals surface area contributed by atoms with Crippen LogP contribution in [0.5, 0.6) is 0 Å². The number of amides is 3. The Bertz CT molecular complexity index is 634. The maximum Gasteiger partial charge on any atom is 0.248 e. The predicted molar refractivity (Wildman–Crippen MR) is 95.1 cm³/mol.